The molecule has 3 heterocycles. The average molecular weight is 289 g/mol. The van der Waals surface area contributed by atoms with Gasteiger partial charge in [-0.1, -0.05) is 0 Å². The maximum Gasteiger partial charge on any atom is 0.274 e. The number of furan rings is 1. The third-order valence-corrected chi connectivity index (χ3v) is 4.56. The summed E-state index contributed by atoms with van der Waals surface area (Å²) in [5.74, 6) is 1.85. The first-order valence-electron chi connectivity index (χ1n) is 6.55. The Labute approximate surface area is 121 Å². The van der Waals surface area contributed by atoms with Gasteiger partial charge in [0.05, 0.1) is 17.7 Å². The molecule has 0 aromatic carbocycles. The summed E-state index contributed by atoms with van der Waals surface area (Å²) in [5, 5.41) is 0.324. The van der Waals surface area contributed by atoms with Gasteiger partial charge in [0, 0.05) is 31.2 Å². The number of amides is 1. The van der Waals surface area contributed by atoms with Gasteiger partial charge in [0.1, 0.15) is 11.5 Å². The first-order chi connectivity index (χ1) is 9.84. The molecule has 6 heteroatoms. The van der Waals surface area contributed by atoms with Gasteiger partial charge in [-0.25, -0.2) is 4.98 Å². The summed E-state index contributed by atoms with van der Waals surface area (Å²) in [6, 6.07) is 3.90. The summed E-state index contributed by atoms with van der Waals surface area (Å²) in [7, 11) is 0. The number of nitrogens with zero attached hydrogens (tertiary/aromatic N) is 3. The molecule has 3 rings (SSSR count). The van der Waals surface area contributed by atoms with Gasteiger partial charge in [-0.05, 0) is 18.6 Å². The molecule has 1 saturated heterocycles. The van der Waals surface area contributed by atoms with Gasteiger partial charge < -0.3 is 9.32 Å². The SMILES string of the molecule is O=C(c1cnccn1)N1CCS[C@@H](c2ccco2)CC1. The third-order valence-electron chi connectivity index (χ3n) is 3.27. The number of hydrogen-bond acceptors (Lipinski definition) is 5. The molecule has 2 aromatic heterocycles. The molecule has 1 aliphatic heterocycles. The monoisotopic (exact) mass is 289 g/mol. The average Bonchev–Trinajstić information content (AvgIpc) is 2.92. The lowest BCUT2D eigenvalue weighted by Gasteiger charge is -2.19. The topological polar surface area (TPSA) is 59.2 Å². The molecule has 2 aromatic rings. The molecular weight excluding hydrogens is 274 g/mol. The largest absolute Gasteiger partial charge is 0.468 e. The molecule has 0 aliphatic carbocycles. The second-order valence-electron chi connectivity index (χ2n) is 4.55. The fourth-order valence-electron chi connectivity index (χ4n) is 2.25. The number of carbonyl (C=O) groups is 1. The highest BCUT2D eigenvalue weighted by atomic mass is 32.2. The fraction of sp³-hybridized carbons (Fsp3) is 0.357. The summed E-state index contributed by atoms with van der Waals surface area (Å²) in [4.78, 5) is 22.2. The smallest absolute Gasteiger partial charge is 0.274 e. The Kier molecular flexibility index (Phi) is 4.01. The molecule has 5 nitrogen and oxygen atoms in total. The zero-order valence-electron chi connectivity index (χ0n) is 10.9. The number of thioether (sulfide) groups is 1. The highest BCUT2D eigenvalue weighted by Crippen LogP contribution is 2.34. The van der Waals surface area contributed by atoms with Crippen LogP contribution in [0.1, 0.15) is 27.9 Å². The Morgan fingerprint density at radius 2 is 2.35 bits per heavy atom. The van der Waals surface area contributed by atoms with Crippen molar-refractivity contribution in [3.05, 3.63) is 48.4 Å². The second kappa shape index (κ2) is 6.09. The van der Waals surface area contributed by atoms with Crippen molar-refractivity contribution in [2.24, 2.45) is 0 Å². The maximum atomic E-state index is 12.3. The maximum absolute atomic E-state index is 12.3. The molecule has 104 valence electrons. The minimum atomic E-state index is -0.0428. The highest BCUT2D eigenvalue weighted by Gasteiger charge is 2.24. The van der Waals surface area contributed by atoms with Crippen molar-refractivity contribution in [2.75, 3.05) is 18.8 Å². The predicted molar refractivity (Wildman–Crippen MR) is 76.5 cm³/mol. The summed E-state index contributed by atoms with van der Waals surface area (Å²) >= 11 is 1.83. The first kappa shape index (κ1) is 13.2. The van der Waals surface area contributed by atoms with Crippen LogP contribution in [0.2, 0.25) is 0 Å². The minimum Gasteiger partial charge on any atom is -0.468 e. The van der Waals surface area contributed by atoms with Crippen molar-refractivity contribution in [3.8, 4) is 0 Å². The van der Waals surface area contributed by atoms with Crippen LogP contribution in [0.25, 0.3) is 0 Å². The van der Waals surface area contributed by atoms with Crippen LogP contribution in [0.3, 0.4) is 0 Å². The Hall–Kier alpha value is -1.82. The molecule has 0 unspecified atom stereocenters. The van der Waals surface area contributed by atoms with E-state index in [0.29, 0.717) is 17.5 Å². The van der Waals surface area contributed by atoms with E-state index >= 15 is 0 Å². The van der Waals surface area contributed by atoms with E-state index < -0.39 is 0 Å². The molecule has 0 bridgehead atoms. The normalized spacial score (nSPS) is 19.6. The van der Waals surface area contributed by atoms with Crippen LogP contribution in [-0.4, -0.2) is 39.6 Å². The van der Waals surface area contributed by atoms with Gasteiger partial charge in [-0.3, -0.25) is 9.78 Å². The summed E-state index contributed by atoms with van der Waals surface area (Å²) in [5.41, 5.74) is 0.411. The van der Waals surface area contributed by atoms with Crippen LogP contribution in [0.4, 0.5) is 0 Å². The van der Waals surface area contributed by atoms with Crippen molar-refractivity contribution in [3.63, 3.8) is 0 Å². The lowest BCUT2D eigenvalue weighted by atomic mass is 10.2. The van der Waals surface area contributed by atoms with Crippen molar-refractivity contribution in [2.45, 2.75) is 11.7 Å². The van der Waals surface area contributed by atoms with Gasteiger partial charge in [-0.15, -0.1) is 11.8 Å². The van der Waals surface area contributed by atoms with Crippen molar-refractivity contribution in [1.29, 1.82) is 0 Å². The Morgan fingerprint density at radius 3 is 3.10 bits per heavy atom. The number of aromatic nitrogens is 2. The van der Waals surface area contributed by atoms with Crippen molar-refractivity contribution in [1.82, 2.24) is 14.9 Å². The van der Waals surface area contributed by atoms with Crippen molar-refractivity contribution < 1.29 is 9.21 Å². The molecule has 0 N–H and O–H groups in total. The van der Waals surface area contributed by atoms with E-state index in [1.807, 2.05) is 28.8 Å². The number of carbonyl (C=O) groups excluding carboxylic acids is 1. The molecule has 0 spiro atoms. The highest BCUT2D eigenvalue weighted by molar-refractivity contribution is 7.99. The lowest BCUT2D eigenvalue weighted by Crippen LogP contribution is -2.33. The van der Waals surface area contributed by atoms with Gasteiger partial charge in [-0.2, -0.15) is 0 Å². The summed E-state index contributed by atoms with van der Waals surface area (Å²) in [6.45, 7) is 1.45. The van der Waals surface area contributed by atoms with E-state index in [2.05, 4.69) is 9.97 Å². The minimum absolute atomic E-state index is 0.0428. The molecule has 20 heavy (non-hydrogen) atoms. The van der Waals surface area contributed by atoms with Gasteiger partial charge in [0.25, 0.3) is 5.91 Å². The predicted octanol–water partition coefficient (Wildman–Crippen LogP) is 2.39. The lowest BCUT2D eigenvalue weighted by molar-refractivity contribution is 0.0759. The molecule has 1 fully saturated rings. The summed E-state index contributed by atoms with van der Waals surface area (Å²) in [6.07, 6.45) is 7.23. The molecule has 0 radical (unpaired) electrons. The van der Waals surface area contributed by atoms with E-state index in [-0.39, 0.29) is 5.91 Å². The molecular formula is C14H15N3O2S. The van der Waals surface area contributed by atoms with E-state index in [9.17, 15) is 4.79 Å². The Balaban J connectivity index is 1.67. The number of hydrogen-bond donors (Lipinski definition) is 0. The summed E-state index contributed by atoms with van der Waals surface area (Å²) < 4.78 is 5.46. The Bertz CT molecular complexity index is 559. The molecule has 1 amide bonds. The van der Waals surface area contributed by atoms with Gasteiger partial charge in [0.2, 0.25) is 0 Å². The van der Waals surface area contributed by atoms with Crippen LogP contribution in [0, 0.1) is 0 Å². The van der Waals surface area contributed by atoms with E-state index in [1.54, 1.807) is 18.7 Å². The van der Waals surface area contributed by atoms with E-state index in [0.717, 1.165) is 24.5 Å². The molecule has 0 saturated carbocycles. The first-order valence-corrected chi connectivity index (χ1v) is 7.60. The van der Waals surface area contributed by atoms with Crippen LogP contribution in [0.15, 0.2) is 41.4 Å². The second-order valence-corrected chi connectivity index (χ2v) is 5.86. The third kappa shape index (κ3) is 2.85. The van der Waals surface area contributed by atoms with Crippen LogP contribution >= 0.6 is 11.8 Å². The van der Waals surface area contributed by atoms with Crippen LogP contribution in [0.5, 0.6) is 0 Å². The van der Waals surface area contributed by atoms with Gasteiger partial charge in [0.15, 0.2) is 0 Å². The Morgan fingerprint density at radius 1 is 1.40 bits per heavy atom. The standard InChI is InChI=1S/C14H15N3O2S/c18-14(11-10-15-4-5-16-11)17-6-3-13(20-9-7-17)12-2-1-8-19-12/h1-2,4-5,8,10,13H,3,6-7,9H2/t13-/m1/s1. The zero-order chi connectivity index (χ0) is 13.8. The van der Waals surface area contributed by atoms with Crippen molar-refractivity contribution >= 4 is 17.7 Å². The number of rotatable bonds is 2. The molecule has 1 atom stereocenters. The zero-order valence-corrected chi connectivity index (χ0v) is 11.8. The van der Waals surface area contributed by atoms with E-state index in [1.165, 1.54) is 6.20 Å². The fourth-order valence-corrected chi connectivity index (χ4v) is 3.43. The van der Waals surface area contributed by atoms with Gasteiger partial charge >= 0.3 is 0 Å². The van der Waals surface area contributed by atoms with E-state index in [4.69, 9.17) is 4.42 Å². The van der Waals surface area contributed by atoms with Crippen LogP contribution in [-0.2, 0) is 0 Å². The quantitative estimate of drug-likeness (QED) is 0.849. The van der Waals surface area contributed by atoms with Crippen LogP contribution < -0.4 is 0 Å². The molecule has 1 aliphatic rings.